The summed E-state index contributed by atoms with van der Waals surface area (Å²) in [5.74, 6) is 0. The Balaban J connectivity index is 3.23. The molecule has 0 amide bonds. The van der Waals surface area contributed by atoms with Crippen LogP contribution in [0.2, 0.25) is 0 Å². The molecule has 0 saturated heterocycles. The second-order valence-corrected chi connectivity index (χ2v) is 3.72. The predicted molar refractivity (Wildman–Crippen MR) is 50.8 cm³/mol. The fourth-order valence-corrected chi connectivity index (χ4v) is 1.14. The van der Waals surface area contributed by atoms with Crippen molar-refractivity contribution in [2.45, 2.75) is 32.6 Å². The molecule has 0 aromatic rings. The standard InChI is InChI=1S/C8H16O4S/c1-2-3-4-5-6-7-8-12-13(9,10)11/h3-4H,2,5-8H2,1H3,(H,9,10,11)/b4-3+. The average Bonchev–Trinajstić information content (AvgIpc) is 2.01. The van der Waals surface area contributed by atoms with Gasteiger partial charge in [0.2, 0.25) is 0 Å². The van der Waals surface area contributed by atoms with Gasteiger partial charge in [0.15, 0.2) is 0 Å². The van der Waals surface area contributed by atoms with Crippen LogP contribution in [-0.4, -0.2) is 19.6 Å². The predicted octanol–water partition coefficient (Wildman–Crippen LogP) is 1.94. The molecular formula is C8H16O4S. The molecule has 0 heterocycles. The Morgan fingerprint density at radius 2 is 2.00 bits per heavy atom. The molecule has 78 valence electrons. The maximum Gasteiger partial charge on any atom is 0.397 e. The van der Waals surface area contributed by atoms with Gasteiger partial charge in [0.25, 0.3) is 0 Å². The minimum absolute atomic E-state index is 0.0544. The van der Waals surface area contributed by atoms with Crippen molar-refractivity contribution in [2.24, 2.45) is 0 Å². The molecule has 0 aromatic carbocycles. The topological polar surface area (TPSA) is 63.6 Å². The minimum atomic E-state index is -4.24. The van der Waals surface area contributed by atoms with E-state index in [1.54, 1.807) is 0 Å². The highest BCUT2D eigenvalue weighted by Gasteiger charge is 2.01. The van der Waals surface area contributed by atoms with Crippen LogP contribution in [0.5, 0.6) is 0 Å². The molecule has 0 aliphatic heterocycles. The maximum atomic E-state index is 10.1. The van der Waals surface area contributed by atoms with E-state index in [-0.39, 0.29) is 6.61 Å². The third-order valence-electron chi connectivity index (χ3n) is 1.40. The molecule has 0 spiro atoms. The zero-order chi connectivity index (χ0) is 10.2. The van der Waals surface area contributed by atoms with Gasteiger partial charge in [0, 0.05) is 0 Å². The lowest BCUT2D eigenvalue weighted by Crippen LogP contribution is -2.04. The zero-order valence-corrected chi connectivity index (χ0v) is 8.59. The molecule has 0 rings (SSSR count). The van der Waals surface area contributed by atoms with Gasteiger partial charge < -0.3 is 0 Å². The lowest BCUT2D eigenvalue weighted by Gasteiger charge is -1.97. The highest BCUT2D eigenvalue weighted by atomic mass is 32.3. The van der Waals surface area contributed by atoms with Crippen LogP contribution in [0.25, 0.3) is 0 Å². The molecule has 0 fully saturated rings. The third-order valence-corrected chi connectivity index (χ3v) is 1.86. The average molecular weight is 208 g/mol. The summed E-state index contributed by atoms with van der Waals surface area (Å²) in [5.41, 5.74) is 0. The SMILES string of the molecule is CC/C=C/CCCCOS(=O)(=O)O. The van der Waals surface area contributed by atoms with Gasteiger partial charge in [-0.1, -0.05) is 19.1 Å². The van der Waals surface area contributed by atoms with Crippen molar-refractivity contribution >= 4 is 10.4 Å². The number of unbranched alkanes of at least 4 members (excludes halogenated alkanes) is 2. The largest absolute Gasteiger partial charge is 0.397 e. The van der Waals surface area contributed by atoms with E-state index in [4.69, 9.17) is 4.55 Å². The molecular weight excluding hydrogens is 192 g/mol. The third kappa shape index (κ3) is 11.6. The van der Waals surface area contributed by atoms with Gasteiger partial charge in [-0.05, 0) is 25.7 Å². The first-order valence-electron chi connectivity index (χ1n) is 4.33. The second-order valence-electron chi connectivity index (χ2n) is 2.63. The monoisotopic (exact) mass is 208 g/mol. The first-order chi connectivity index (χ1) is 6.06. The molecule has 0 atom stereocenters. The zero-order valence-electron chi connectivity index (χ0n) is 7.77. The molecule has 13 heavy (non-hydrogen) atoms. The summed E-state index contributed by atoms with van der Waals surface area (Å²) in [6.07, 6.45) is 7.54. The Hall–Kier alpha value is -0.390. The smallest absolute Gasteiger partial charge is 0.264 e. The van der Waals surface area contributed by atoms with Crippen molar-refractivity contribution in [3.8, 4) is 0 Å². The minimum Gasteiger partial charge on any atom is -0.264 e. The van der Waals surface area contributed by atoms with Crippen LogP contribution < -0.4 is 0 Å². The van der Waals surface area contributed by atoms with E-state index >= 15 is 0 Å². The molecule has 0 unspecified atom stereocenters. The second kappa shape index (κ2) is 7.06. The van der Waals surface area contributed by atoms with Crippen LogP contribution in [0.15, 0.2) is 12.2 Å². The van der Waals surface area contributed by atoms with Gasteiger partial charge in [-0.3, -0.25) is 4.55 Å². The van der Waals surface area contributed by atoms with E-state index in [2.05, 4.69) is 17.2 Å². The van der Waals surface area contributed by atoms with E-state index < -0.39 is 10.4 Å². The fourth-order valence-electron chi connectivity index (χ4n) is 0.813. The summed E-state index contributed by atoms with van der Waals surface area (Å²) in [7, 11) is -4.24. The van der Waals surface area contributed by atoms with E-state index in [0.717, 1.165) is 19.3 Å². The molecule has 0 bridgehead atoms. The molecule has 5 heteroatoms. The number of hydrogen-bond acceptors (Lipinski definition) is 3. The summed E-state index contributed by atoms with van der Waals surface area (Å²) in [5, 5.41) is 0. The molecule has 0 aromatic heterocycles. The first kappa shape index (κ1) is 12.6. The first-order valence-corrected chi connectivity index (χ1v) is 5.69. The van der Waals surface area contributed by atoms with Crippen LogP contribution in [0.3, 0.4) is 0 Å². The quantitative estimate of drug-likeness (QED) is 0.394. The van der Waals surface area contributed by atoms with Crippen molar-refractivity contribution in [3.05, 3.63) is 12.2 Å². The molecule has 4 nitrogen and oxygen atoms in total. The van der Waals surface area contributed by atoms with Crippen LogP contribution in [0, 0.1) is 0 Å². The molecule has 0 saturated carbocycles. The van der Waals surface area contributed by atoms with Crippen molar-refractivity contribution in [2.75, 3.05) is 6.61 Å². The molecule has 0 aliphatic carbocycles. The van der Waals surface area contributed by atoms with Gasteiger partial charge in [0.1, 0.15) is 0 Å². The number of hydrogen-bond donors (Lipinski definition) is 1. The number of rotatable bonds is 7. The molecule has 1 N–H and O–H groups in total. The van der Waals surface area contributed by atoms with Gasteiger partial charge in [-0.15, -0.1) is 0 Å². The Bertz CT molecular complexity index is 231. The van der Waals surface area contributed by atoms with Crippen molar-refractivity contribution in [1.29, 1.82) is 0 Å². The van der Waals surface area contributed by atoms with Gasteiger partial charge >= 0.3 is 10.4 Å². The van der Waals surface area contributed by atoms with Crippen LogP contribution >= 0.6 is 0 Å². The normalized spacial score (nSPS) is 12.5. The summed E-state index contributed by atoms with van der Waals surface area (Å²) in [6.45, 7) is 2.11. The Kier molecular flexibility index (Phi) is 6.84. The molecule has 0 radical (unpaired) electrons. The van der Waals surface area contributed by atoms with Crippen LogP contribution in [0.4, 0.5) is 0 Å². The van der Waals surface area contributed by atoms with Crippen molar-refractivity contribution < 1.29 is 17.2 Å². The van der Waals surface area contributed by atoms with Gasteiger partial charge in [0.05, 0.1) is 6.61 Å². The van der Waals surface area contributed by atoms with Crippen molar-refractivity contribution in [3.63, 3.8) is 0 Å². The van der Waals surface area contributed by atoms with E-state index in [9.17, 15) is 8.42 Å². The summed E-state index contributed by atoms with van der Waals surface area (Å²) < 4.78 is 32.5. The highest BCUT2D eigenvalue weighted by Crippen LogP contribution is 1.99. The van der Waals surface area contributed by atoms with E-state index in [1.165, 1.54) is 0 Å². The lowest BCUT2D eigenvalue weighted by atomic mass is 10.2. The van der Waals surface area contributed by atoms with E-state index in [1.807, 2.05) is 6.08 Å². The number of allylic oxidation sites excluding steroid dienone is 2. The van der Waals surface area contributed by atoms with Crippen molar-refractivity contribution in [1.82, 2.24) is 0 Å². The highest BCUT2D eigenvalue weighted by molar-refractivity contribution is 7.80. The Morgan fingerprint density at radius 3 is 2.54 bits per heavy atom. The molecule has 0 aliphatic rings. The van der Waals surface area contributed by atoms with Crippen LogP contribution in [-0.2, 0) is 14.6 Å². The summed E-state index contributed by atoms with van der Waals surface area (Å²) in [6, 6.07) is 0. The lowest BCUT2D eigenvalue weighted by molar-refractivity contribution is 0.263. The summed E-state index contributed by atoms with van der Waals surface area (Å²) in [4.78, 5) is 0. The van der Waals surface area contributed by atoms with Crippen LogP contribution in [0.1, 0.15) is 32.6 Å². The summed E-state index contributed by atoms with van der Waals surface area (Å²) >= 11 is 0. The fraction of sp³-hybridized carbons (Fsp3) is 0.750. The van der Waals surface area contributed by atoms with E-state index in [0.29, 0.717) is 6.42 Å². The Labute approximate surface area is 79.6 Å². The van der Waals surface area contributed by atoms with Gasteiger partial charge in [-0.2, -0.15) is 8.42 Å². The maximum absolute atomic E-state index is 10.1. The van der Waals surface area contributed by atoms with Gasteiger partial charge in [-0.25, -0.2) is 4.18 Å². The Morgan fingerprint density at radius 1 is 1.31 bits per heavy atom.